The highest BCUT2D eigenvalue weighted by atomic mass is 16.6. The van der Waals surface area contributed by atoms with Gasteiger partial charge in [0.1, 0.15) is 5.75 Å². The predicted molar refractivity (Wildman–Crippen MR) is 105 cm³/mol. The highest BCUT2D eigenvalue weighted by molar-refractivity contribution is 5.88. The Bertz CT molecular complexity index is 792. The van der Waals surface area contributed by atoms with E-state index in [0.717, 1.165) is 30.7 Å². The summed E-state index contributed by atoms with van der Waals surface area (Å²) in [5, 5.41) is 13.5. The summed E-state index contributed by atoms with van der Waals surface area (Å²) in [6.07, 6.45) is 2.61. The Morgan fingerprint density at radius 1 is 1.00 bits per heavy atom. The van der Waals surface area contributed by atoms with Crippen LogP contribution in [0.15, 0.2) is 42.5 Å². The second kappa shape index (κ2) is 10.8. The molecule has 1 N–H and O–H groups in total. The van der Waals surface area contributed by atoms with Crippen molar-refractivity contribution in [3.63, 3.8) is 0 Å². The van der Waals surface area contributed by atoms with E-state index in [-0.39, 0.29) is 11.6 Å². The number of benzene rings is 2. The molecule has 0 saturated carbocycles. The third-order valence-electron chi connectivity index (χ3n) is 3.85. The summed E-state index contributed by atoms with van der Waals surface area (Å²) in [4.78, 5) is 21.3. The maximum Gasteiger partial charge on any atom is 0.273 e. The van der Waals surface area contributed by atoms with Crippen molar-refractivity contribution in [2.24, 2.45) is 0 Å². The monoisotopic (exact) mass is 388 g/mol. The molecule has 8 heteroatoms. The summed E-state index contributed by atoms with van der Waals surface area (Å²) in [5.74, 6) is 1.48. The number of non-ortho nitro benzene ring substituents is 1. The van der Waals surface area contributed by atoms with Crippen LogP contribution in [-0.4, -0.2) is 31.2 Å². The van der Waals surface area contributed by atoms with Crippen LogP contribution >= 0.6 is 0 Å². The number of hydrogen-bond acceptors (Lipinski definition) is 6. The molecule has 0 heterocycles. The van der Waals surface area contributed by atoms with Crippen LogP contribution in [0.5, 0.6) is 17.2 Å². The number of anilines is 1. The molecule has 0 unspecified atom stereocenters. The Labute approximate surface area is 163 Å². The molecule has 0 aliphatic heterocycles. The molecule has 0 spiro atoms. The molecule has 28 heavy (non-hydrogen) atoms. The molecule has 1 amide bonds. The number of methoxy groups -OCH3 is 1. The number of nitrogens with one attached hydrogen (secondary N) is 1. The van der Waals surface area contributed by atoms with E-state index < -0.39 is 4.92 Å². The number of hydrogen-bond donors (Lipinski definition) is 1. The standard InChI is InChI=1S/C20H24N2O6/c1-15(23)21-16-6-9-18(10-7-16)27-12-4-3-5-13-28-19-11-8-17(22(24)25)14-20(19)26-2/h6-11,14H,3-5,12-13H2,1-2H3,(H,21,23). The first-order valence-electron chi connectivity index (χ1n) is 8.95. The lowest BCUT2D eigenvalue weighted by molar-refractivity contribution is -0.385. The van der Waals surface area contributed by atoms with E-state index in [2.05, 4.69) is 5.32 Å². The molecule has 2 aromatic rings. The van der Waals surface area contributed by atoms with Crippen molar-refractivity contribution in [3.8, 4) is 17.2 Å². The first kappa shape index (κ1) is 21.0. The van der Waals surface area contributed by atoms with Gasteiger partial charge in [-0.15, -0.1) is 0 Å². The quantitative estimate of drug-likeness (QED) is 0.352. The lowest BCUT2D eigenvalue weighted by Crippen LogP contribution is -2.05. The summed E-state index contributed by atoms with van der Waals surface area (Å²) in [6.45, 7) is 2.53. The lowest BCUT2D eigenvalue weighted by atomic mass is 10.2. The van der Waals surface area contributed by atoms with E-state index >= 15 is 0 Å². The van der Waals surface area contributed by atoms with Crippen LogP contribution in [0.25, 0.3) is 0 Å². The molecule has 0 fully saturated rings. The Balaban J connectivity index is 1.64. The van der Waals surface area contributed by atoms with Crippen molar-refractivity contribution in [1.82, 2.24) is 0 Å². The molecule has 0 bridgehead atoms. The van der Waals surface area contributed by atoms with Gasteiger partial charge in [0.15, 0.2) is 11.5 Å². The lowest BCUT2D eigenvalue weighted by Gasteiger charge is -2.10. The van der Waals surface area contributed by atoms with Gasteiger partial charge in [0.05, 0.1) is 31.3 Å². The fourth-order valence-electron chi connectivity index (χ4n) is 2.48. The van der Waals surface area contributed by atoms with E-state index in [1.165, 1.54) is 26.2 Å². The summed E-state index contributed by atoms with van der Waals surface area (Å²) >= 11 is 0. The first-order chi connectivity index (χ1) is 13.5. The number of carbonyl (C=O) groups is 1. The Hall–Kier alpha value is -3.29. The normalized spacial score (nSPS) is 10.2. The number of carbonyl (C=O) groups excluding carboxylic acids is 1. The highest BCUT2D eigenvalue weighted by Gasteiger charge is 2.12. The third-order valence-corrected chi connectivity index (χ3v) is 3.85. The van der Waals surface area contributed by atoms with Gasteiger partial charge in [-0.05, 0) is 49.6 Å². The second-order valence-electron chi connectivity index (χ2n) is 6.06. The largest absolute Gasteiger partial charge is 0.494 e. The van der Waals surface area contributed by atoms with Crippen LogP contribution in [0.1, 0.15) is 26.2 Å². The average Bonchev–Trinajstić information content (AvgIpc) is 2.68. The Kier molecular flexibility index (Phi) is 8.08. The minimum absolute atomic E-state index is 0.0357. The van der Waals surface area contributed by atoms with Gasteiger partial charge in [0.25, 0.3) is 5.69 Å². The van der Waals surface area contributed by atoms with Crippen molar-refractivity contribution >= 4 is 17.3 Å². The number of unbranched alkanes of at least 4 members (excludes halogenated alkanes) is 2. The fourth-order valence-corrected chi connectivity index (χ4v) is 2.48. The molecular formula is C20H24N2O6. The molecule has 0 aromatic heterocycles. The van der Waals surface area contributed by atoms with Gasteiger partial charge in [-0.2, -0.15) is 0 Å². The van der Waals surface area contributed by atoms with Gasteiger partial charge in [-0.1, -0.05) is 0 Å². The number of amides is 1. The molecule has 8 nitrogen and oxygen atoms in total. The maximum atomic E-state index is 11.0. The van der Waals surface area contributed by atoms with Gasteiger partial charge in [0.2, 0.25) is 5.91 Å². The molecule has 0 saturated heterocycles. The zero-order valence-electron chi connectivity index (χ0n) is 16.0. The average molecular weight is 388 g/mol. The minimum Gasteiger partial charge on any atom is -0.494 e. The molecule has 0 aliphatic carbocycles. The number of nitro groups is 1. The SMILES string of the molecule is COc1cc([N+](=O)[O-])ccc1OCCCCCOc1ccc(NC(C)=O)cc1. The van der Waals surface area contributed by atoms with Crippen LogP contribution in [-0.2, 0) is 4.79 Å². The molecule has 2 rings (SSSR count). The molecule has 2 aromatic carbocycles. The zero-order chi connectivity index (χ0) is 20.4. The Morgan fingerprint density at radius 2 is 1.68 bits per heavy atom. The van der Waals surface area contributed by atoms with Crippen LogP contribution in [0, 0.1) is 10.1 Å². The van der Waals surface area contributed by atoms with E-state index in [9.17, 15) is 14.9 Å². The van der Waals surface area contributed by atoms with Gasteiger partial charge in [-0.3, -0.25) is 14.9 Å². The highest BCUT2D eigenvalue weighted by Crippen LogP contribution is 2.31. The maximum absolute atomic E-state index is 11.0. The van der Waals surface area contributed by atoms with Crippen LogP contribution < -0.4 is 19.5 Å². The van der Waals surface area contributed by atoms with Crippen molar-refractivity contribution < 1.29 is 23.9 Å². The summed E-state index contributed by atoms with van der Waals surface area (Å²) < 4.78 is 16.5. The second-order valence-corrected chi connectivity index (χ2v) is 6.06. The van der Waals surface area contributed by atoms with Crippen LogP contribution in [0.3, 0.4) is 0 Å². The molecule has 0 atom stereocenters. The predicted octanol–water partition coefficient (Wildman–Crippen LogP) is 4.19. The van der Waals surface area contributed by atoms with Crippen molar-refractivity contribution in [3.05, 3.63) is 52.6 Å². The topological polar surface area (TPSA) is 99.9 Å². The number of nitrogens with zero attached hydrogens (tertiary/aromatic N) is 1. The first-order valence-corrected chi connectivity index (χ1v) is 8.95. The number of ether oxygens (including phenoxy) is 3. The van der Waals surface area contributed by atoms with E-state index in [1.54, 1.807) is 18.2 Å². The van der Waals surface area contributed by atoms with Crippen LogP contribution in [0.2, 0.25) is 0 Å². The molecule has 0 aliphatic rings. The van der Waals surface area contributed by atoms with Gasteiger partial charge >= 0.3 is 0 Å². The van der Waals surface area contributed by atoms with Crippen LogP contribution in [0.4, 0.5) is 11.4 Å². The van der Waals surface area contributed by atoms with Crippen molar-refractivity contribution in [2.75, 3.05) is 25.6 Å². The van der Waals surface area contributed by atoms with Gasteiger partial charge in [-0.25, -0.2) is 0 Å². The molecular weight excluding hydrogens is 364 g/mol. The fraction of sp³-hybridized carbons (Fsp3) is 0.350. The van der Waals surface area contributed by atoms with Crippen molar-refractivity contribution in [2.45, 2.75) is 26.2 Å². The molecule has 150 valence electrons. The summed E-state index contributed by atoms with van der Waals surface area (Å²) in [6, 6.07) is 11.5. The Morgan fingerprint density at radius 3 is 2.29 bits per heavy atom. The zero-order valence-corrected chi connectivity index (χ0v) is 16.0. The van der Waals surface area contributed by atoms with Gasteiger partial charge in [0, 0.05) is 18.7 Å². The summed E-state index contributed by atoms with van der Waals surface area (Å²) in [7, 11) is 1.45. The number of rotatable bonds is 11. The molecule has 0 radical (unpaired) electrons. The summed E-state index contributed by atoms with van der Waals surface area (Å²) in [5.41, 5.74) is 0.699. The number of nitro benzene ring substituents is 1. The van der Waals surface area contributed by atoms with Crippen molar-refractivity contribution in [1.29, 1.82) is 0 Å². The van der Waals surface area contributed by atoms with E-state index in [4.69, 9.17) is 14.2 Å². The van der Waals surface area contributed by atoms with E-state index in [0.29, 0.717) is 24.7 Å². The van der Waals surface area contributed by atoms with Gasteiger partial charge < -0.3 is 19.5 Å². The smallest absolute Gasteiger partial charge is 0.273 e. The van der Waals surface area contributed by atoms with E-state index in [1.807, 2.05) is 12.1 Å². The minimum atomic E-state index is -0.473. The third kappa shape index (κ3) is 6.79.